The van der Waals surface area contributed by atoms with Crippen LogP contribution in [0.1, 0.15) is 30.9 Å². The number of carbonyl (C=O) groups is 1. The van der Waals surface area contributed by atoms with E-state index in [4.69, 9.17) is 5.73 Å². The van der Waals surface area contributed by atoms with Gasteiger partial charge in [-0.1, -0.05) is 13.0 Å². The van der Waals surface area contributed by atoms with E-state index in [2.05, 4.69) is 13.0 Å². The van der Waals surface area contributed by atoms with Crippen molar-refractivity contribution in [1.82, 2.24) is 9.80 Å². The van der Waals surface area contributed by atoms with E-state index in [0.29, 0.717) is 6.54 Å². The molecule has 0 aliphatic carbocycles. The van der Waals surface area contributed by atoms with Crippen LogP contribution in [-0.2, 0) is 13.0 Å². The Balaban J connectivity index is 1.68. The first-order valence-corrected chi connectivity index (χ1v) is 7.54. The number of hydrogen-bond acceptors (Lipinski definition) is 2. The average molecular weight is 273 g/mol. The van der Waals surface area contributed by atoms with Crippen LogP contribution in [0, 0.1) is 5.92 Å². The summed E-state index contributed by atoms with van der Waals surface area (Å²) in [6.45, 7) is 5.59. The molecule has 2 N–H and O–H groups in total. The second-order valence-corrected chi connectivity index (χ2v) is 6.15. The summed E-state index contributed by atoms with van der Waals surface area (Å²) in [5.74, 6) is 0.751. The van der Waals surface area contributed by atoms with Crippen molar-refractivity contribution in [3.63, 3.8) is 0 Å². The van der Waals surface area contributed by atoms with Crippen molar-refractivity contribution in [3.05, 3.63) is 29.3 Å². The lowest BCUT2D eigenvalue weighted by molar-refractivity contribution is 0.130. The standard InChI is InChI=1S/C16H23N3O/c1-12-4-7-18(8-5-12)16(20)19-9-6-13-2-3-15(17)10-14(13)11-19/h2-3,10,12H,4-9,11,17H2,1H3. The van der Waals surface area contributed by atoms with Crippen LogP contribution in [0.4, 0.5) is 10.5 Å². The molecule has 0 atom stereocenters. The molecular weight excluding hydrogens is 250 g/mol. The first-order valence-electron chi connectivity index (χ1n) is 7.54. The lowest BCUT2D eigenvalue weighted by Gasteiger charge is -2.37. The first kappa shape index (κ1) is 13.3. The van der Waals surface area contributed by atoms with Gasteiger partial charge >= 0.3 is 6.03 Å². The third-order valence-corrected chi connectivity index (χ3v) is 4.57. The number of benzene rings is 1. The molecule has 0 bridgehead atoms. The fraction of sp³-hybridized carbons (Fsp3) is 0.562. The molecule has 2 amide bonds. The van der Waals surface area contributed by atoms with Gasteiger partial charge in [0.2, 0.25) is 0 Å². The van der Waals surface area contributed by atoms with Crippen molar-refractivity contribution < 1.29 is 4.79 Å². The van der Waals surface area contributed by atoms with E-state index in [1.54, 1.807) is 0 Å². The van der Waals surface area contributed by atoms with E-state index < -0.39 is 0 Å². The smallest absolute Gasteiger partial charge is 0.320 e. The van der Waals surface area contributed by atoms with Gasteiger partial charge in [-0.05, 0) is 48.4 Å². The molecule has 2 heterocycles. The maximum Gasteiger partial charge on any atom is 0.320 e. The van der Waals surface area contributed by atoms with Gasteiger partial charge in [-0.15, -0.1) is 0 Å². The van der Waals surface area contributed by atoms with E-state index in [1.807, 2.05) is 21.9 Å². The Morgan fingerprint density at radius 2 is 1.90 bits per heavy atom. The summed E-state index contributed by atoms with van der Waals surface area (Å²) >= 11 is 0. The number of anilines is 1. The molecule has 4 heteroatoms. The number of nitrogens with two attached hydrogens (primary N) is 1. The second-order valence-electron chi connectivity index (χ2n) is 6.15. The zero-order valence-electron chi connectivity index (χ0n) is 12.1. The van der Waals surface area contributed by atoms with Crippen molar-refractivity contribution in [3.8, 4) is 0 Å². The summed E-state index contributed by atoms with van der Waals surface area (Å²) < 4.78 is 0. The lowest BCUT2D eigenvalue weighted by Crippen LogP contribution is -2.48. The summed E-state index contributed by atoms with van der Waals surface area (Å²) in [5.41, 5.74) is 9.16. The van der Waals surface area contributed by atoms with Crippen LogP contribution in [-0.4, -0.2) is 35.5 Å². The lowest BCUT2D eigenvalue weighted by atomic mass is 9.98. The average Bonchev–Trinajstić information content (AvgIpc) is 2.46. The van der Waals surface area contributed by atoms with Gasteiger partial charge in [-0.3, -0.25) is 0 Å². The number of piperidine rings is 1. The predicted molar refractivity (Wildman–Crippen MR) is 80.3 cm³/mol. The number of likely N-dealkylation sites (tertiary alicyclic amines) is 1. The highest BCUT2D eigenvalue weighted by Crippen LogP contribution is 2.24. The van der Waals surface area contributed by atoms with Gasteiger partial charge in [-0.2, -0.15) is 0 Å². The monoisotopic (exact) mass is 273 g/mol. The second kappa shape index (κ2) is 5.35. The number of rotatable bonds is 0. The summed E-state index contributed by atoms with van der Waals surface area (Å²) in [6, 6.07) is 6.25. The Morgan fingerprint density at radius 1 is 1.15 bits per heavy atom. The van der Waals surface area contributed by atoms with E-state index >= 15 is 0 Å². The molecule has 4 nitrogen and oxygen atoms in total. The van der Waals surface area contributed by atoms with Gasteiger partial charge in [-0.25, -0.2) is 4.79 Å². The molecular formula is C16H23N3O. The molecule has 3 rings (SSSR count). The molecule has 0 saturated carbocycles. The van der Waals surface area contributed by atoms with Crippen LogP contribution >= 0.6 is 0 Å². The minimum atomic E-state index is 0.199. The van der Waals surface area contributed by atoms with E-state index in [-0.39, 0.29) is 6.03 Å². The topological polar surface area (TPSA) is 49.6 Å². The van der Waals surface area contributed by atoms with Crippen LogP contribution in [0.5, 0.6) is 0 Å². The summed E-state index contributed by atoms with van der Waals surface area (Å²) in [7, 11) is 0. The van der Waals surface area contributed by atoms with Crippen molar-refractivity contribution in [1.29, 1.82) is 0 Å². The summed E-state index contributed by atoms with van der Waals surface area (Å²) in [6.07, 6.45) is 3.19. The molecule has 1 fully saturated rings. The highest BCUT2D eigenvalue weighted by atomic mass is 16.2. The molecule has 2 aliphatic rings. The fourth-order valence-corrected chi connectivity index (χ4v) is 3.14. The maximum absolute atomic E-state index is 12.6. The molecule has 0 radical (unpaired) electrons. The minimum absolute atomic E-state index is 0.199. The largest absolute Gasteiger partial charge is 0.399 e. The molecule has 0 spiro atoms. The number of fused-ring (bicyclic) bond motifs is 1. The van der Waals surface area contributed by atoms with Gasteiger partial charge < -0.3 is 15.5 Å². The maximum atomic E-state index is 12.6. The molecule has 2 aliphatic heterocycles. The third kappa shape index (κ3) is 2.60. The molecule has 1 aromatic rings. The molecule has 1 aromatic carbocycles. The van der Waals surface area contributed by atoms with Crippen molar-refractivity contribution in [2.75, 3.05) is 25.4 Å². The number of amides is 2. The Bertz CT molecular complexity index is 506. The Labute approximate surface area is 120 Å². The number of urea groups is 1. The molecule has 1 saturated heterocycles. The molecule has 0 aromatic heterocycles. The van der Waals surface area contributed by atoms with Gasteiger partial charge in [0.25, 0.3) is 0 Å². The summed E-state index contributed by atoms with van der Waals surface area (Å²) in [4.78, 5) is 16.6. The van der Waals surface area contributed by atoms with Crippen LogP contribution in [0.3, 0.4) is 0 Å². The molecule has 108 valence electrons. The molecule has 20 heavy (non-hydrogen) atoms. The fourth-order valence-electron chi connectivity index (χ4n) is 3.14. The Kier molecular flexibility index (Phi) is 3.55. The summed E-state index contributed by atoms with van der Waals surface area (Å²) in [5, 5.41) is 0. The third-order valence-electron chi connectivity index (χ3n) is 4.57. The van der Waals surface area contributed by atoms with Gasteiger partial charge in [0.15, 0.2) is 0 Å². The predicted octanol–water partition coefficient (Wildman–Crippen LogP) is 2.48. The zero-order valence-corrected chi connectivity index (χ0v) is 12.1. The van der Waals surface area contributed by atoms with Crippen molar-refractivity contribution >= 4 is 11.7 Å². The van der Waals surface area contributed by atoms with Crippen molar-refractivity contribution in [2.24, 2.45) is 5.92 Å². The van der Waals surface area contributed by atoms with Crippen molar-refractivity contribution in [2.45, 2.75) is 32.7 Å². The van der Waals surface area contributed by atoms with Crippen LogP contribution in [0.25, 0.3) is 0 Å². The van der Waals surface area contributed by atoms with E-state index in [0.717, 1.165) is 50.5 Å². The Morgan fingerprint density at radius 3 is 2.65 bits per heavy atom. The van der Waals surface area contributed by atoms with Crippen LogP contribution in [0.15, 0.2) is 18.2 Å². The first-order chi connectivity index (χ1) is 9.63. The van der Waals surface area contributed by atoms with E-state index in [9.17, 15) is 4.79 Å². The van der Waals surface area contributed by atoms with Crippen LogP contribution in [0.2, 0.25) is 0 Å². The quantitative estimate of drug-likeness (QED) is 0.738. The highest BCUT2D eigenvalue weighted by molar-refractivity contribution is 5.75. The normalized spacial score (nSPS) is 19.9. The van der Waals surface area contributed by atoms with Crippen LogP contribution < -0.4 is 5.73 Å². The zero-order chi connectivity index (χ0) is 14.1. The number of nitrogens with zero attached hydrogens (tertiary/aromatic N) is 2. The number of nitrogen functional groups attached to an aromatic ring is 1. The number of carbonyl (C=O) groups excluding carboxylic acids is 1. The SMILES string of the molecule is CC1CCN(C(=O)N2CCc3ccc(N)cc3C2)CC1. The van der Waals surface area contributed by atoms with Gasteiger partial charge in [0.1, 0.15) is 0 Å². The Hall–Kier alpha value is -1.71. The minimum Gasteiger partial charge on any atom is -0.399 e. The highest BCUT2D eigenvalue weighted by Gasteiger charge is 2.27. The van der Waals surface area contributed by atoms with E-state index in [1.165, 1.54) is 11.1 Å². The van der Waals surface area contributed by atoms with Gasteiger partial charge in [0.05, 0.1) is 0 Å². The number of hydrogen-bond donors (Lipinski definition) is 1. The molecule has 0 unspecified atom stereocenters. The van der Waals surface area contributed by atoms with Gasteiger partial charge in [0, 0.05) is 31.9 Å².